The van der Waals surface area contributed by atoms with Crippen molar-refractivity contribution in [1.82, 2.24) is 0 Å². The molecule has 3 N–H and O–H groups in total. The SMILES string of the molecule is COc1cc(/C=C/C(=O)O[C@@H]2CC[C@@]3(C)C(CC[C@]4(C)C3C(=O)C=C3C5[C@@H](C)[C@H](C)CC[C@]5(C)CC[C@]34C)[C@@]2(C)C(=O)O)cc(O)c1O. The Bertz CT molecular complexity index is 1590. The average molecular weight is 663 g/mol. The summed E-state index contributed by atoms with van der Waals surface area (Å²) in [6.45, 7) is 15.8. The van der Waals surface area contributed by atoms with Crippen LogP contribution in [0.5, 0.6) is 17.2 Å². The Morgan fingerprint density at radius 2 is 1.65 bits per heavy atom. The number of phenolic OH excluding ortho intramolecular Hbond substituents is 2. The molecule has 0 heterocycles. The highest BCUT2D eigenvalue weighted by atomic mass is 16.5. The number of carboxylic acids is 1. The van der Waals surface area contributed by atoms with Gasteiger partial charge in [0.2, 0.25) is 5.75 Å². The number of fused-ring (bicyclic) bond motifs is 7. The van der Waals surface area contributed by atoms with Crippen molar-refractivity contribution in [3.8, 4) is 17.2 Å². The summed E-state index contributed by atoms with van der Waals surface area (Å²) in [6.07, 6.45) is 10.7. The molecule has 5 aliphatic rings. The summed E-state index contributed by atoms with van der Waals surface area (Å²) in [7, 11) is 1.35. The van der Waals surface area contributed by atoms with Crippen LogP contribution in [0.3, 0.4) is 0 Å². The average Bonchev–Trinajstić information content (AvgIpc) is 3.02. The lowest BCUT2D eigenvalue weighted by molar-refractivity contribution is -0.220. The predicted molar refractivity (Wildman–Crippen MR) is 182 cm³/mol. The fraction of sp³-hybridized carbons (Fsp3) is 0.675. The van der Waals surface area contributed by atoms with E-state index in [0.717, 1.165) is 19.3 Å². The van der Waals surface area contributed by atoms with Crippen molar-refractivity contribution < 1.29 is 39.2 Å². The zero-order valence-corrected chi connectivity index (χ0v) is 29.9. The lowest BCUT2D eigenvalue weighted by Crippen LogP contribution is -2.68. The van der Waals surface area contributed by atoms with Crippen LogP contribution in [0.25, 0.3) is 6.08 Å². The molecule has 48 heavy (non-hydrogen) atoms. The first-order valence-corrected chi connectivity index (χ1v) is 17.9. The molecule has 0 saturated heterocycles. The minimum absolute atomic E-state index is 0.0514. The van der Waals surface area contributed by atoms with Gasteiger partial charge in [0, 0.05) is 12.0 Å². The monoisotopic (exact) mass is 662 g/mol. The maximum atomic E-state index is 14.6. The molecule has 8 heteroatoms. The molecule has 0 amide bonds. The number of methoxy groups -OCH3 is 1. The Morgan fingerprint density at radius 1 is 0.938 bits per heavy atom. The standard InChI is InChI=1S/C40H54O8/c1-22-11-14-36(3)17-18-38(5)25(32(36)23(22)2)21-27(42)34-37(4)15-13-30(40(7,35(45)46)29(37)12-16-39(34,38)6)48-31(43)10-9-24-19-26(41)33(44)28(20-24)47-8/h9-10,19-23,29-30,32,34,41,44H,11-18H2,1-8H3,(H,45,46)/b10-9+/t22-,23+,29?,30-,32?,34?,36-,37+,38-,39-,40-/m1/s1. The van der Waals surface area contributed by atoms with Crippen LogP contribution in [-0.2, 0) is 19.1 Å². The Kier molecular flexibility index (Phi) is 8.19. The number of aliphatic carboxylic acids is 1. The summed E-state index contributed by atoms with van der Waals surface area (Å²) in [5.41, 5.74) is -0.447. The number of hydrogen-bond donors (Lipinski definition) is 3. The highest BCUT2D eigenvalue weighted by Crippen LogP contribution is 2.75. The van der Waals surface area contributed by atoms with E-state index in [1.165, 1.54) is 49.8 Å². The molecule has 0 bridgehead atoms. The van der Waals surface area contributed by atoms with Gasteiger partial charge in [-0.05, 0) is 133 Å². The predicted octanol–water partition coefficient (Wildman–Crippen LogP) is 7.95. The molecule has 0 aliphatic heterocycles. The first kappa shape index (κ1) is 34.6. The van der Waals surface area contributed by atoms with Gasteiger partial charge in [0.25, 0.3) is 0 Å². The minimum atomic E-state index is -1.39. The van der Waals surface area contributed by atoms with Crippen LogP contribution in [0.1, 0.15) is 105 Å². The molecular weight excluding hydrogens is 608 g/mol. The van der Waals surface area contributed by atoms with Gasteiger partial charge in [-0.25, -0.2) is 4.79 Å². The van der Waals surface area contributed by atoms with Gasteiger partial charge in [-0.15, -0.1) is 0 Å². The summed E-state index contributed by atoms with van der Waals surface area (Å²) < 4.78 is 11.0. The lowest BCUT2D eigenvalue weighted by Gasteiger charge is -2.70. The van der Waals surface area contributed by atoms with E-state index in [9.17, 15) is 29.7 Å². The van der Waals surface area contributed by atoms with Crippen molar-refractivity contribution in [3.05, 3.63) is 35.4 Å². The van der Waals surface area contributed by atoms with Gasteiger partial charge in [-0.1, -0.05) is 47.1 Å². The largest absolute Gasteiger partial charge is 0.504 e. The zero-order chi connectivity index (χ0) is 35.2. The third kappa shape index (κ3) is 4.70. The number of ether oxygens (including phenoxy) is 2. The third-order valence-electron chi connectivity index (χ3n) is 15.2. The molecule has 8 nitrogen and oxygen atoms in total. The van der Waals surface area contributed by atoms with E-state index in [2.05, 4.69) is 41.5 Å². The van der Waals surface area contributed by atoms with E-state index < -0.39 is 40.4 Å². The fourth-order valence-corrected chi connectivity index (χ4v) is 12.0. The van der Waals surface area contributed by atoms with Gasteiger partial charge >= 0.3 is 11.9 Å². The topological polar surface area (TPSA) is 130 Å². The molecule has 0 spiro atoms. The summed E-state index contributed by atoms with van der Waals surface area (Å²) in [6, 6.07) is 2.76. The molecule has 4 fully saturated rings. The number of esters is 1. The quantitative estimate of drug-likeness (QED) is 0.165. The van der Waals surface area contributed by atoms with E-state index in [1.807, 2.05) is 6.08 Å². The van der Waals surface area contributed by atoms with Crippen LogP contribution < -0.4 is 4.74 Å². The van der Waals surface area contributed by atoms with Gasteiger partial charge in [0.05, 0.1) is 7.11 Å². The second kappa shape index (κ2) is 11.4. The van der Waals surface area contributed by atoms with Crippen molar-refractivity contribution in [2.24, 2.45) is 56.7 Å². The molecule has 0 aromatic heterocycles. The number of phenols is 2. The van der Waals surface area contributed by atoms with Crippen molar-refractivity contribution in [2.75, 3.05) is 7.11 Å². The fourth-order valence-electron chi connectivity index (χ4n) is 12.0. The number of carbonyl (C=O) groups is 3. The van der Waals surface area contributed by atoms with E-state index >= 15 is 0 Å². The molecule has 262 valence electrons. The molecule has 1 aromatic carbocycles. The molecule has 5 aliphatic carbocycles. The van der Waals surface area contributed by atoms with Gasteiger partial charge in [0.15, 0.2) is 17.3 Å². The molecular formula is C40H54O8. The number of carbonyl (C=O) groups excluding carboxylic acids is 2. The number of allylic oxidation sites excluding steroid dienone is 2. The summed E-state index contributed by atoms with van der Waals surface area (Å²) in [4.78, 5) is 41.1. The van der Waals surface area contributed by atoms with Crippen LogP contribution >= 0.6 is 0 Å². The van der Waals surface area contributed by atoms with Crippen molar-refractivity contribution in [2.45, 2.75) is 106 Å². The normalized spacial score (nSPS) is 43.7. The van der Waals surface area contributed by atoms with Crippen LogP contribution in [0.2, 0.25) is 0 Å². The van der Waals surface area contributed by atoms with Crippen LogP contribution in [0, 0.1) is 56.7 Å². The minimum Gasteiger partial charge on any atom is -0.504 e. The van der Waals surface area contributed by atoms with Gasteiger partial charge < -0.3 is 24.8 Å². The van der Waals surface area contributed by atoms with Crippen LogP contribution in [-0.4, -0.2) is 46.3 Å². The van der Waals surface area contributed by atoms with E-state index in [4.69, 9.17) is 9.47 Å². The molecule has 4 saturated carbocycles. The van der Waals surface area contributed by atoms with Crippen LogP contribution in [0.15, 0.2) is 29.9 Å². The Hall–Kier alpha value is -3.29. The van der Waals surface area contributed by atoms with Gasteiger partial charge in [-0.3, -0.25) is 9.59 Å². The van der Waals surface area contributed by atoms with Crippen LogP contribution in [0.4, 0.5) is 0 Å². The van der Waals surface area contributed by atoms with Crippen molar-refractivity contribution in [3.63, 3.8) is 0 Å². The number of aromatic hydroxyl groups is 2. The Balaban J connectivity index is 1.31. The number of ketones is 1. The second-order valence-corrected chi connectivity index (χ2v) is 17.3. The zero-order valence-electron chi connectivity index (χ0n) is 29.9. The number of rotatable bonds is 5. The Labute approximate surface area is 285 Å². The first-order valence-electron chi connectivity index (χ1n) is 17.9. The van der Waals surface area contributed by atoms with Crippen molar-refractivity contribution >= 4 is 23.8 Å². The van der Waals surface area contributed by atoms with Gasteiger partial charge in [0.1, 0.15) is 11.5 Å². The number of benzene rings is 1. The summed E-state index contributed by atoms with van der Waals surface area (Å²) in [5.74, 6) is -1.47. The first-order chi connectivity index (χ1) is 22.4. The molecule has 6 rings (SSSR count). The molecule has 11 atom stereocenters. The molecule has 0 radical (unpaired) electrons. The van der Waals surface area contributed by atoms with Gasteiger partial charge in [-0.2, -0.15) is 0 Å². The maximum absolute atomic E-state index is 14.6. The molecule has 3 unspecified atom stereocenters. The second-order valence-electron chi connectivity index (χ2n) is 17.3. The summed E-state index contributed by atoms with van der Waals surface area (Å²) >= 11 is 0. The summed E-state index contributed by atoms with van der Waals surface area (Å²) in [5, 5.41) is 30.8. The highest BCUT2D eigenvalue weighted by Gasteiger charge is 2.72. The number of carboxylic acid groups (broad SMARTS) is 1. The highest BCUT2D eigenvalue weighted by molar-refractivity contribution is 5.96. The smallest absolute Gasteiger partial charge is 0.331 e. The Morgan fingerprint density at radius 3 is 2.31 bits per heavy atom. The van der Waals surface area contributed by atoms with E-state index in [1.54, 1.807) is 6.92 Å². The molecule has 1 aromatic rings. The van der Waals surface area contributed by atoms with E-state index in [0.29, 0.717) is 42.6 Å². The lowest BCUT2D eigenvalue weighted by atomic mass is 9.33. The third-order valence-corrected chi connectivity index (χ3v) is 15.2. The number of hydrogen-bond acceptors (Lipinski definition) is 7. The maximum Gasteiger partial charge on any atom is 0.331 e. The van der Waals surface area contributed by atoms with E-state index in [-0.39, 0.29) is 39.6 Å². The van der Waals surface area contributed by atoms with Crippen molar-refractivity contribution in [1.29, 1.82) is 0 Å².